The molecule has 0 unspecified atom stereocenters. The van der Waals surface area contributed by atoms with Crippen LogP contribution in [0.2, 0.25) is 0 Å². The largest absolute Gasteiger partial charge is 0.473 e. The second kappa shape index (κ2) is 6.13. The van der Waals surface area contributed by atoms with Crippen LogP contribution in [0.3, 0.4) is 0 Å². The maximum atomic E-state index is 11.1. The van der Waals surface area contributed by atoms with Gasteiger partial charge in [0.2, 0.25) is 5.82 Å². The number of hydrogen-bond acceptors (Lipinski definition) is 6. The number of rotatable bonds is 6. The molecule has 0 saturated carbocycles. The molecule has 0 aliphatic heterocycles. The summed E-state index contributed by atoms with van der Waals surface area (Å²) < 4.78 is 5.19. The Labute approximate surface area is 106 Å². The fourth-order valence-corrected chi connectivity index (χ4v) is 1.37. The summed E-state index contributed by atoms with van der Waals surface area (Å²) in [5.41, 5.74) is -0.205. The van der Waals surface area contributed by atoms with Gasteiger partial charge in [-0.15, -0.1) is 0 Å². The molecular weight excluding hydrogens is 236 g/mol. The zero-order valence-electron chi connectivity index (χ0n) is 11.1. The lowest BCUT2D eigenvalue weighted by Gasteiger charge is -2.11. The average Bonchev–Trinajstić information content (AvgIpc) is 2.25. The topological polar surface area (TPSA) is 90.2 Å². The lowest BCUT2D eigenvalue weighted by molar-refractivity contribution is -0.385. The Morgan fingerprint density at radius 1 is 1.44 bits per heavy atom. The minimum Gasteiger partial charge on any atom is -0.473 e. The molecule has 1 rings (SSSR count). The first-order chi connectivity index (χ1) is 8.45. The first-order valence-electron chi connectivity index (χ1n) is 5.85. The van der Waals surface area contributed by atoms with Crippen LogP contribution >= 0.6 is 0 Å². The van der Waals surface area contributed by atoms with E-state index in [1.807, 2.05) is 13.8 Å². The molecule has 0 bridgehead atoms. The monoisotopic (exact) mass is 254 g/mol. The van der Waals surface area contributed by atoms with E-state index in [1.165, 1.54) is 0 Å². The van der Waals surface area contributed by atoms with Gasteiger partial charge in [0.05, 0.1) is 11.5 Å². The third-order valence-corrected chi connectivity index (χ3v) is 2.11. The minimum absolute atomic E-state index is 0.0151. The van der Waals surface area contributed by atoms with Crippen molar-refractivity contribution < 1.29 is 9.66 Å². The van der Waals surface area contributed by atoms with E-state index >= 15 is 0 Å². The Hall–Kier alpha value is -1.92. The molecular formula is C11H18N4O3. The fourth-order valence-electron chi connectivity index (χ4n) is 1.37. The van der Waals surface area contributed by atoms with Gasteiger partial charge in [0, 0.05) is 6.54 Å². The van der Waals surface area contributed by atoms with Crippen LogP contribution in [-0.4, -0.2) is 28.0 Å². The highest BCUT2D eigenvalue weighted by Gasteiger charge is 2.25. The maximum Gasteiger partial charge on any atom is 0.372 e. The fraction of sp³-hybridized carbons (Fsp3) is 0.636. The van der Waals surface area contributed by atoms with Crippen molar-refractivity contribution in [2.75, 3.05) is 18.5 Å². The van der Waals surface area contributed by atoms with Gasteiger partial charge in [0.15, 0.2) is 0 Å². The van der Waals surface area contributed by atoms with Gasteiger partial charge in [-0.1, -0.05) is 13.8 Å². The molecule has 100 valence electrons. The van der Waals surface area contributed by atoms with Crippen LogP contribution < -0.4 is 10.1 Å². The van der Waals surface area contributed by atoms with Crippen molar-refractivity contribution in [1.29, 1.82) is 0 Å². The Morgan fingerprint density at radius 3 is 2.61 bits per heavy atom. The van der Waals surface area contributed by atoms with Crippen molar-refractivity contribution >= 4 is 11.5 Å². The summed E-state index contributed by atoms with van der Waals surface area (Å²) in [6.45, 7) is 8.37. The van der Waals surface area contributed by atoms with Gasteiger partial charge in [0.1, 0.15) is 5.82 Å². The van der Waals surface area contributed by atoms with Crippen molar-refractivity contribution in [3.8, 4) is 5.88 Å². The molecule has 18 heavy (non-hydrogen) atoms. The summed E-state index contributed by atoms with van der Waals surface area (Å²) in [4.78, 5) is 18.6. The van der Waals surface area contributed by atoms with Gasteiger partial charge in [-0.3, -0.25) is 10.1 Å². The molecule has 1 aromatic heterocycles. The summed E-state index contributed by atoms with van der Waals surface area (Å²) in [7, 11) is 0. The summed E-state index contributed by atoms with van der Waals surface area (Å²) >= 11 is 0. The lowest BCUT2D eigenvalue weighted by atomic mass is 10.2. The molecule has 7 heteroatoms. The predicted molar refractivity (Wildman–Crippen MR) is 67.9 cm³/mol. The molecule has 0 spiro atoms. The van der Waals surface area contributed by atoms with Gasteiger partial charge in [-0.2, -0.15) is 4.98 Å². The SMILES string of the molecule is CCOc1nc(C)nc(NCC(C)C)c1[N+](=O)[O-]. The normalized spacial score (nSPS) is 10.5. The van der Waals surface area contributed by atoms with E-state index in [9.17, 15) is 10.1 Å². The Kier molecular flexibility index (Phi) is 4.82. The van der Waals surface area contributed by atoms with Crippen LogP contribution in [0.25, 0.3) is 0 Å². The Morgan fingerprint density at radius 2 is 2.11 bits per heavy atom. The maximum absolute atomic E-state index is 11.1. The number of ether oxygens (including phenoxy) is 1. The molecule has 0 aromatic carbocycles. The van der Waals surface area contributed by atoms with Crippen LogP contribution in [0.4, 0.5) is 11.5 Å². The first kappa shape index (κ1) is 14.1. The Bertz CT molecular complexity index is 435. The highest BCUT2D eigenvalue weighted by Crippen LogP contribution is 2.31. The van der Waals surface area contributed by atoms with Gasteiger partial charge in [-0.25, -0.2) is 4.98 Å². The van der Waals surface area contributed by atoms with Crippen LogP contribution in [0.1, 0.15) is 26.6 Å². The summed E-state index contributed by atoms with van der Waals surface area (Å²) in [5.74, 6) is 1.02. The van der Waals surface area contributed by atoms with E-state index in [4.69, 9.17) is 4.74 Å². The molecule has 0 aliphatic rings. The van der Waals surface area contributed by atoms with Crippen molar-refractivity contribution in [3.63, 3.8) is 0 Å². The molecule has 0 atom stereocenters. The van der Waals surface area contributed by atoms with Crippen LogP contribution in [0, 0.1) is 23.0 Å². The number of nitro groups is 1. The molecule has 0 fully saturated rings. The number of hydrogen-bond donors (Lipinski definition) is 1. The van der Waals surface area contributed by atoms with Gasteiger partial charge < -0.3 is 10.1 Å². The van der Waals surface area contributed by atoms with E-state index in [0.29, 0.717) is 24.9 Å². The summed E-state index contributed by atoms with van der Waals surface area (Å²) in [5, 5.41) is 14.0. The third-order valence-electron chi connectivity index (χ3n) is 2.11. The van der Waals surface area contributed by atoms with Crippen molar-refractivity contribution in [3.05, 3.63) is 15.9 Å². The first-order valence-corrected chi connectivity index (χ1v) is 5.85. The smallest absolute Gasteiger partial charge is 0.372 e. The highest BCUT2D eigenvalue weighted by molar-refractivity contribution is 5.61. The van der Waals surface area contributed by atoms with E-state index < -0.39 is 4.92 Å². The number of nitrogens with one attached hydrogen (secondary N) is 1. The third kappa shape index (κ3) is 3.54. The molecule has 0 aliphatic carbocycles. The average molecular weight is 254 g/mol. The van der Waals surface area contributed by atoms with E-state index in [1.54, 1.807) is 13.8 Å². The number of nitrogens with zero attached hydrogens (tertiary/aromatic N) is 3. The van der Waals surface area contributed by atoms with Crippen molar-refractivity contribution in [2.45, 2.75) is 27.7 Å². The van der Waals surface area contributed by atoms with Crippen molar-refractivity contribution in [1.82, 2.24) is 9.97 Å². The second-order valence-corrected chi connectivity index (χ2v) is 4.24. The zero-order valence-corrected chi connectivity index (χ0v) is 11.1. The quantitative estimate of drug-likeness (QED) is 0.618. The Balaban J connectivity index is 3.16. The summed E-state index contributed by atoms with van der Waals surface area (Å²) in [6, 6.07) is 0. The summed E-state index contributed by atoms with van der Waals surface area (Å²) in [6.07, 6.45) is 0. The molecule has 1 N–H and O–H groups in total. The van der Waals surface area contributed by atoms with Crippen LogP contribution in [0.15, 0.2) is 0 Å². The highest BCUT2D eigenvalue weighted by atomic mass is 16.6. The lowest BCUT2D eigenvalue weighted by Crippen LogP contribution is -2.13. The molecule has 7 nitrogen and oxygen atoms in total. The molecule has 0 radical (unpaired) electrons. The predicted octanol–water partition coefficient (Wildman–Crippen LogP) is 2.16. The van der Waals surface area contributed by atoms with Crippen molar-refractivity contribution in [2.24, 2.45) is 5.92 Å². The number of aromatic nitrogens is 2. The van der Waals surface area contributed by atoms with Gasteiger partial charge >= 0.3 is 5.69 Å². The van der Waals surface area contributed by atoms with Crippen LogP contribution in [0.5, 0.6) is 5.88 Å². The van der Waals surface area contributed by atoms with Gasteiger partial charge in [0.25, 0.3) is 5.88 Å². The van der Waals surface area contributed by atoms with E-state index in [2.05, 4.69) is 15.3 Å². The minimum atomic E-state index is -0.521. The van der Waals surface area contributed by atoms with Crippen LogP contribution in [-0.2, 0) is 0 Å². The molecule has 0 saturated heterocycles. The molecule has 1 aromatic rings. The standard InChI is InChI=1S/C11H18N4O3/c1-5-18-11-9(15(16)17)10(12-6-7(2)3)13-8(4)14-11/h7H,5-6H2,1-4H3,(H,12,13,14). The second-order valence-electron chi connectivity index (χ2n) is 4.24. The number of aryl methyl sites for hydroxylation is 1. The molecule has 0 amide bonds. The van der Waals surface area contributed by atoms with E-state index in [-0.39, 0.29) is 17.4 Å². The number of anilines is 1. The van der Waals surface area contributed by atoms with Gasteiger partial charge in [-0.05, 0) is 19.8 Å². The zero-order chi connectivity index (χ0) is 13.7. The molecule has 1 heterocycles. The van der Waals surface area contributed by atoms with E-state index in [0.717, 1.165) is 0 Å².